The third-order valence-electron chi connectivity index (χ3n) is 4.22. The fraction of sp³-hybridized carbons (Fsp3) is 0.600. The third-order valence-corrected chi connectivity index (χ3v) is 4.22. The third kappa shape index (κ3) is 7.62. The van der Waals surface area contributed by atoms with Crippen LogP contribution in [0.25, 0.3) is 0 Å². The summed E-state index contributed by atoms with van der Waals surface area (Å²) < 4.78 is 0. The number of hydrogen-bond donors (Lipinski definition) is 2. The maximum atomic E-state index is 11.9. The minimum atomic E-state index is -0.801. The van der Waals surface area contributed by atoms with E-state index in [4.69, 9.17) is 0 Å². The van der Waals surface area contributed by atoms with E-state index in [0.29, 0.717) is 12.8 Å². The van der Waals surface area contributed by atoms with Crippen molar-refractivity contribution >= 4 is 11.9 Å². The number of rotatable bonds is 11. The largest absolute Gasteiger partial charge is 0.481 e. The minimum absolute atomic E-state index is 0.0455. The molecule has 4 nitrogen and oxygen atoms in total. The number of carbonyl (C=O) groups is 2. The van der Waals surface area contributed by atoms with Crippen molar-refractivity contribution in [2.45, 2.75) is 65.7 Å². The second kappa shape index (κ2) is 10.1. The van der Waals surface area contributed by atoms with Gasteiger partial charge in [-0.3, -0.25) is 9.59 Å². The Balaban J connectivity index is 2.36. The van der Waals surface area contributed by atoms with Crippen molar-refractivity contribution in [3.63, 3.8) is 0 Å². The highest BCUT2D eigenvalue weighted by atomic mass is 16.4. The van der Waals surface area contributed by atoms with Crippen molar-refractivity contribution in [1.82, 2.24) is 5.32 Å². The van der Waals surface area contributed by atoms with Crippen LogP contribution in [-0.2, 0) is 22.4 Å². The smallest absolute Gasteiger partial charge is 0.309 e. The van der Waals surface area contributed by atoms with E-state index in [1.807, 2.05) is 24.3 Å². The van der Waals surface area contributed by atoms with E-state index in [-0.39, 0.29) is 5.91 Å². The van der Waals surface area contributed by atoms with Gasteiger partial charge in [-0.05, 0) is 37.8 Å². The SMILES string of the molecule is CCCCCCCNC(=O)Cc1ccc(CC(C)(C)C(=O)O)cc1. The molecular formula is C20H31NO3. The number of carboxylic acid groups (broad SMARTS) is 1. The zero-order valence-corrected chi connectivity index (χ0v) is 15.2. The summed E-state index contributed by atoms with van der Waals surface area (Å²) in [6.45, 7) is 6.37. The molecular weight excluding hydrogens is 302 g/mol. The Labute approximate surface area is 145 Å². The van der Waals surface area contributed by atoms with Gasteiger partial charge in [0, 0.05) is 6.54 Å². The summed E-state index contributed by atoms with van der Waals surface area (Å²) in [5.74, 6) is -0.756. The quantitative estimate of drug-likeness (QED) is 0.602. The van der Waals surface area contributed by atoms with Gasteiger partial charge in [0.25, 0.3) is 0 Å². The lowest BCUT2D eigenvalue weighted by molar-refractivity contribution is -0.146. The Hall–Kier alpha value is -1.84. The number of carboxylic acids is 1. The lowest BCUT2D eigenvalue weighted by atomic mass is 9.86. The molecule has 24 heavy (non-hydrogen) atoms. The molecule has 0 aromatic heterocycles. The molecule has 0 radical (unpaired) electrons. The highest BCUT2D eigenvalue weighted by Gasteiger charge is 2.27. The molecule has 2 N–H and O–H groups in total. The second-order valence-electron chi connectivity index (χ2n) is 7.12. The molecule has 0 fully saturated rings. The number of benzene rings is 1. The van der Waals surface area contributed by atoms with E-state index >= 15 is 0 Å². The molecule has 0 aliphatic carbocycles. The maximum Gasteiger partial charge on any atom is 0.309 e. The summed E-state index contributed by atoms with van der Waals surface area (Å²) >= 11 is 0. The number of hydrogen-bond acceptors (Lipinski definition) is 2. The van der Waals surface area contributed by atoms with Gasteiger partial charge in [0.15, 0.2) is 0 Å². The van der Waals surface area contributed by atoms with Crippen molar-refractivity contribution in [3.8, 4) is 0 Å². The van der Waals surface area contributed by atoms with Crippen LogP contribution in [0.3, 0.4) is 0 Å². The number of unbranched alkanes of at least 4 members (excludes halogenated alkanes) is 4. The van der Waals surface area contributed by atoms with E-state index in [1.165, 1.54) is 25.7 Å². The molecule has 0 heterocycles. The van der Waals surface area contributed by atoms with Gasteiger partial charge in [-0.1, -0.05) is 56.9 Å². The van der Waals surface area contributed by atoms with Gasteiger partial charge >= 0.3 is 5.97 Å². The van der Waals surface area contributed by atoms with Crippen LogP contribution in [0.15, 0.2) is 24.3 Å². The normalized spacial score (nSPS) is 11.3. The zero-order chi connectivity index (χ0) is 18.0. The van der Waals surface area contributed by atoms with Gasteiger partial charge in [0.2, 0.25) is 5.91 Å². The number of amides is 1. The first-order valence-corrected chi connectivity index (χ1v) is 8.93. The average Bonchev–Trinajstić information content (AvgIpc) is 2.52. The van der Waals surface area contributed by atoms with Gasteiger partial charge in [-0.2, -0.15) is 0 Å². The van der Waals surface area contributed by atoms with E-state index < -0.39 is 11.4 Å². The molecule has 1 aromatic carbocycles. The predicted molar refractivity (Wildman–Crippen MR) is 97.0 cm³/mol. The Kier molecular flexibility index (Phi) is 8.51. The summed E-state index contributed by atoms with van der Waals surface area (Å²) in [5, 5.41) is 12.1. The van der Waals surface area contributed by atoms with Crippen LogP contribution >= 0.6 is 0 Å². The topological polar surface area (TPSA) is 66.4 Å². The van der Waals surface area contributed by atoms with Gasteiger partial charge in [0.1, 0.15) is 0 Å². The fourth-order valence-corrected chi connectivity index (χ4v) is 2.57. The van der Waals surface area contributed by atoms with Gasteiger partial charge < -0.3 is 10.4 Å². The lowest BCUT2D eigenvalue weighted by Crippen LogP contribution is -2.26. The molecule has 0 atom stereocenters. The van der Waals surface area contributed by atoms with Crippen LogP contribution in [0.5, 0.6) is 0 Å². The van der Waals surface area contributed by atoms with Gasteiger partial charge in [-0.15, -0.1) is 0 Å². The Morgan fingerprint density at radius 2 is 1.58 bits per heavy atom. The van der Waals surface area contributed by atoms with Crippen LogP contribution in [0.1, 0.15) is 64.0 Å². The number of carbonyl (C=O) groups excluding carboxylic acids is 1. The summed E-state index contributed by atoms with van der Waals surface area (Å²) in [6, 6.07) is 7.65. The molecule has 0 unspecified atom stereocenters. The molecule has 1 aromatic rings. The summed E-state index contributed by atoms with van der Waals surface area (Å²) in [6.07, 6.45) is 6.78. The maximum absolute atomic E-state index is 11.9. The first-order chi connectivity index (χ1) is 11.3. The van der Waals surface area contributed by atoms with Crippen molar-refractivity contribution in [2.75, 3.05) is 6.54 Å². The minimum Gasteiger partial charge on any atom is -0.481 e. The first kappa shape index (κ1) is 20.2. The Morgan fingerprint density at radius 3 is 2.17 bits per heavy atom. The van der Waals surface area contributed by atoms with Crippen molar-refractivity contribution in [1.29, 1.82) is 0 Å². The molecule has 0 bridgehead atoms. The highest BCUT2D eigenvalue weighted by molar-refractivity contribution is 5.78. The van der Waals surface area contributed by atoms with E-state index in [0.717, 1.165) is 24.1 Å². The molecule has 134 valence electrons. The van der Waals surface area contributed by atoms with E-state index in [1.54, 1.807) is 13.8 Å². The molecule has 0 aliphatic heterocycles. The second-order valence-corrected chi connectivity index (χ2v) is 7.12. The summed E-state index contributed by atoms with van der Waals surface area (Å²) in [5.41, 5.74) is 1.15. The molecule has 0 saturated carbocycles. The fourth-order valence-electron chi connectivity index (χ4n) is 2.57. The van der Waals surface area contributed by atoms with Crippen LogP contribution in [-0.4, -0.2) is 23.5 Å². The molecule has 1 rings (SSSR count). The van der Waals surface area contributed by atoms with Gasteiger partial charge in [-0.25, -0.2) is 0 Å². The average molecular weight is 333 g/mol. The van der Waals surface area contributed by atoms with E-state index in [2.05, 4.69) is 12.2 Å². The highest BCUT2D eigenvalue weighted by Crippen LogP contribution is 2.22. The lowest BCUT2D eigenvalue weighted by Gasteiger charge is -2.19. The standard InChI is InChI=1S/C20H31NO3/c1-4-5-6-7-8-13-21-18(22)14-16-9-11-17(12-10-16)15-20(2,3)19(23)24/h9-12H,4-8,13-15H2,1-3H3,(H,21,22)(H,23,24). The van der Waals surface area contributed by atoms with Crippen molar-refractivity contribution in [3.05, 3.63) is 35.4 Å². The number of aliphatic carboxylic acids is 1. The molecule has 0 spiro atoms. The van der Waals surface area contributed by atoms with Crippen LogP contribution in [0.4, 0.5) is 0 Å². The molecule has 0 saturated heterocycles. The summed E-state index contributed by atoms with van der Waals surface area (Å²) in [4.78, 5) is 23.1. The van der Waals surface area contributed by atoms with Crippen LogP contribution < -0.4 is 5.32 Å². The molecule has 4 heteroatoms. The molecule has 0 aliphatic rings. The van der Waals surface area contributed by atoms with Crippen LogP contribution in [0, 0.1) is 5.41 Å². The number of nitrogens with one attached hydrogen (secondary N) is 1. The zero-order valence-electron chi connectivity index (χ0n) is 15.2. The Bertz CT molecular complexity index is 520. The Morgan fingerprint density at radius 1 is 1.00 bits per heavy atom. The van der Waals surface area contributed by atoms with Crippen LogP contribution in [0.2, 0.25) is 0 Å². The summed E-state index contributed by atoms with van der Waals surface area (Å²) in [7, 11) is 0. The predicted octanol–water partition coefficient (Wildman–Crippen LogP) is 3.97. The molecule has 1 amide bonds. The van der Waals surface area contributed by atoms with Crippen molar-refractivity contribution < 1.29 is 14.7 Å². The first-order valence-electron chi connectivity index (χ1n) is 8.93. The van der Waals surface area contributed by atoms with Crippen molar-refractivity contribution in [2.24, 2.45) is 5.41 Å². The van der Waals surface area contributed by atoms with Gasteiger partial charge in [0.05, 0.1) is 11.8 Å². The monoisotopic (exact) mass is 333 g/mol. The van der Waals surface area contributed by atoms with E-state index in [9.17, 15) is 14.7 Å².